The number of rotatable bonds is 3. The summed E-state index contributed by atoms with van der Waals surface area (Å²) in [6.07, 6.45) is 0. The van der Waals surface area contributed by atoms with Crippen molar-refractivity contribution in [3.63, 3.8) is 0 Å². The van der Waals surface area contributed by atoms with Gasteiger partial charge in [0.25, 0.3) is 0 Å². The monoisotopic (exact) mass is 672 g/mol. The molecule has 0 aliphatic carbocycles. The quantitative estimate of drug-likeness (QED) is 0.175. The van der Waals surface area contributed by atoms with Crippen molar-refractivity contribution >= 4 is 86.6 Å². The Morgan fingerprint density at radius 3 is 1.58 bits per heavy atom. The molecule has 12 rings (SSSR count). The molecule has 0 amide bonds. The summed E-state index contributed by atoms with van der Waals surface area (Å²) < 4.78 is 6.32. The summed E-state index contributed by atoms with van der Waals surface area (Å²) in [6.45, 7) is 0. The Hall–Kier alpha value is -7.10. The van der Waals surface area contributed by atoms with Crippen LogP contribution >= 0.6 is 0 Å². The van der Waals surface area contributed by atoms with E-state index in [1.165, 1.54) is 64.6 Å². The summed E-state index contributed by atoms with van der Waals surface area (Å²) in [7, 11) is 0. The number of aromatic nitrogens is 2. The van der Waals surface area contributed by atoms with Crippen LogP contribution < -0.4 is 0 Å². The lowest BCUT2D eigenvalue weighted by molar-refractivity contribution is 0.669. The first-order valence-corrected chi connectivity index (χ1v) is 18.1. The molecule has 2 heterocycles. The predicted molar refractivity (Wildman–Crippen MR) is 222 cm³/mol. The smallest absolute Gasteiger partial charge is 0.160 e. The van der Waals surface area contributed by atoms with Gasteiger partial charge in [-0.3, -0.25) is 0 Å². The third-order valence-corrected chi connectivity index (χ3v) is 11.2. The molecule has 3 nitrogen and oxygen atoms in total. The SMILES string of the molecule is c1ccc(-c2nc(-c3cc4ccc5cccc6c7cccc8ccc9cccc(c(c3)c4c56)c9c87)cc(-c3cccc4oc5ccccc5c34)n2)cc1. The van der Waals surface area contributed by atoms with Crippen LogP contribution in [0.5, 0.6) is 0 Å². The van der Waals surface area contributed by atoms with Gasteiger partial charge < -0.3 is 4.42 Å². The number of para-hydroxylation sites is 1. The van der Waals surface area contributed by atoms with Gasteiger partial charge in [0.2, 0.25) is 0 Å². The maximum absolute atomic E-state index is 6.32. The molecule has 53 heavy (non-hydrogen) atoms. The Kier molecular flexibility index (Phi) is 5.77. The van der Waals surface area contributed by atoms with E-state index in [-0.39, 0.29) is 0 Å². The van der Waals surface area contributed by atoms with E-state index in [4.69, 9.17) is 14.4 Å². The molecule has 0 aliphatic heterocycles. The largest absolute Gasteiger partial charge is 0.456 e. The van der Waals surface area contributed by atoms with Crippen LogP contribution in [0.4, 0.5) is 0 Å². The van der Waals surface area contributed by atoms with Gasteiger partial charge in [-0.2, -0.15) is 0 Å². The molecule has 0 N–H and O–H groups in total. The highest BCUT2D eigenvalue weighted by Gasteiger charge is 2.19. The summed E-state index contributed by atoms with van der Waals surface area (Å²) in [4.78, 5) is 10.6. The average Bonchev–Trinajstić information content (AvgIpc) is 3.61. The maximum atomic E-state index is 6.32. The van der Waals surface area contributed by atoms with Gasteiger partial charge in [0, 0.05) is 27.5 Å². The summed E-state index contributed by atoms with van der Waals surface area (Å²) in [5, 5.41) is 17.2. The van der Waals surface area contributed by atoms with Gasteiger partial charge in [0.1, 0.15) is 11.2 Å². The molecule has 0 aliphatic rings. The van der Waals surface area contributed by atoms with Crippen LogP contribution in [0.25, 0.3) is 120 Å². The van der Waals surface area contributed by atoms with E-state index in [1.54, 1.807) is 0 Å². The standard InChI is InChI=1S/C50H28N2O/c1-2-10-32(11-3-1)50-51-41(28-42(52-50)38-19-9-21-44-49(38)39-15-4-5-20-43(39)53-44)34-26-33-25-24-31-13-7-17-36-35-16-6-12-29-22-23-30-14-8-18-37(47(30)45(29)35)40(27-34)48(33)46(31)36/h1-28H. The fourth-order valence-corrected chi connectivity index (χ4v) is 8.87. The van der Waals surface area contributed by atoms with Crippen molar-refractivity contribution < 1.29 is 4.42 Å². The third kappa shape index (κ3) is 4.10. The Morgan fingerprint density at radius 1 is 0.321 bits per heavy atom. The number of hydrogen-bond acceptors (Lipinski definition) is 3. The molecule has 0 bridgehead atoms. The first-order chi connectivity index (χ1) is 26.3. The van der Waals surface area contributed by atoms with Crippen molar-refractivity contribution in [3.8, 4) is 33.9 Å². The molecule has 0 unspecified atom stereocenters. The van der Waals surface area contributed by atoms with Crippen LogP contribution in [0, 0.1) is 0 Å². The normalized spacial score (nSPS) is 12.2. The fraction of sp³-hybridized carbons (Fsp3) is 0. The first-order valence-electron chi connectivity index (χ1n) is 18.1. The Balaban J connectivity index is 1.23. The van der Waals surface area contributed by atoms with Crippen LogP contribution in [0.1, 0.15) is 0 Å². The van der Waals surface area contributed by atoms with E-state index >= 15 is 0 Å². The fourth-order valence-electron chi connectivity index (χ4n) is 8.87. The van der Waals surface area contributed by atoms with Crippen molar-refractivity contribution in [2.45, 2.75) is 0 Å². The van der Waals surface area contributed by atoms with Gasteiger partial charge in [-0.1, -0.05) is 140 Å². The second-order valence-corrected chi connectivity index (χ2v) is 14.1. The molecule has 0 saturated heterocycles. The molecule has 2 aromatic heterocycles. The minimum absolute atomic E-state index is 0.687. The van der Waals surface area contributed by atoms with Crippen molar-refractivity contribution in [3.05, 3.63) is 170 Å². The molecule has 12 aromatic rings. The molecule has 244 valence electrons. The highest BCUT2D eigenvalue weighted by atomic mass is 16.3. The van der Waals surface area contributed by atoms with Gasteiger partial charge >= 0.3 is 0 Å². The Labute approximate surface area is 303 Å². The predicted octanol–water partition coefficient (Wildman–Crippen LogP) is 13.7. The number of benzene rings is 9. The molecule has 0 spiro atoms. The summed E-state index contributed by atoms with van der Waals surface area (Å²) in [5.74, 6) is 0.687. The topological polar surface area (TPSA) is 38.9 Å². The van der Waals surface area contributed by atoms with E-state index in [2.05, 4.69) is 133 Å². The Bertz CT molecular complexity index is 3450. The van der Waals surface area contributed by atoms with Gasteiger partial charge in [-0.15, -0.1) is 0 Å². The zero-order valence-electron chi connectivity index (χ0n) is 28.5. The molecule has 3 heteroatoms. The Morgan fingerprint density at radius 2 is 0.868 bits per heavy atom. The lowest BCUT2D eigenvalue weighted by Gasteiger charge is -2.17. The number of nitrogens with zero attached hydrogens (tertiary/aromatic N) is 2. The van der Waals surface area contributed by atoms with Crippen LogP contribution in [0.2, 0.25) is 0 Å². The first kappa shape index (κ1) is 28.6. The van der Waals surface area contributed by atoms with Crippen LogP contribution in [0.3, 0.4) is 0 Å². The molecule has 0 saturated carbocycles. The van der Waals surface area contributed by atoms with Gasteiger partial charge in [0.15, 0.2) is 5.82 Å². The van der Waals surface area contributed by atoms with Crippen LogP contribution in [0.15, 0.2) is 174 Å². The summed E-state index contributed by atoms with van der Waals surface area (Å²) >= 11 is 0. The molecule has 0 fully saturated rings. The van der Waals surface area contributed by atoms with Crippen LogP contribution in [-0.4, -0.2) is 9.97 Å². The molecular formula is C50H28N2O. The molecular weight excluding hydrogens is 645 g/mol. The van der Waals surface area contributed by atoms with Gasteiger partial charge in [-0.05, 0) is 95.0 Å². The molecule has 0 radical (unpaired) electrons. The molecule has 10 aromatic carbocycles. The van der Waals surface area contributed by atoms with E-state index in [0.717, 1.165) is 50.0 Å². The van der Waals surface area contributed by atoms with E-state index < -0.39 is 0 Å². The second kappa shape index (κ2) is 10.7. The van der Waals surface area contributed by atoms with Crippen molar-refractivity contribution in [1.82, 2.24) is 9.97 Å². The highest BCUT2D eigenvalue weighted by molar-refractivity contribution is 6.37. The lowest BCUT2D eigenvalue weighted by Crippen LogP contribution is -1.96. The molecule has 0 atom stereocenters. The summed E-state index contributed by atoms with van der Waals surface area (Å²) in [5.41, 5.74) is 6.48. The average molecular weight is 673 g/mol. The van der Waals surface area contributed by atoms with Gasteiger partial charge in [-0.25, -0.2) is 9.97 Å². The maximum Gasteiger partial charge on any atom is 0.160 e. The van der Waals surface area contributed by atoms with Crippen molar-refractivity contribution in [2.75, 3.05) is 0 Å². The zero-order valence-corrected chi connectivity index (χ0v) is 28.5. The van der Waals surface area contributed by atoms with E-state index in [0.29, 0.717) is 5.82 Å². The number of furan rings is 1. The minimum atomic E-state index is 0.687. The van der Waals surface area contributed by atoms with Crippen molar-refractivity contribution in [2.24, 2.45) is 0 Å². The third-order valence-electron chi connectivity index (χ3n) is 11.2. The zero-order chi connectivity index (χ0) is 34.6. The highest BCUT2D eigenvalue weighted by Crippen LogP contribution is 2.45. The van der Waals surface area contributed by atoms with Crippen molar-refractivity contribution in [1.29, 1.82) is 0 Å². The van der Waals surface area contributed by atoms with E-state index in [9.17, 15) is 0 Å². The second-order valence-electron chi connectivity index (χ2n) is 14.1. The number of hydrogen-bond donors (Lipinski definition) is 0. The lowest BCUT2D eigenvalue weighted by atomic mass is 9.87. The van der Waals surface area contributed by atoms with Gasteiger partial charge in [0.05, 0.1) is 11.4 Å². The summed E-state index contributed by atoms with van der Waals surface area (Å²) in [6, 6.07) is 60.9. The van der Waals surface area contributed by atoms with Crippen LogP contribution in [-0.2, 0) is 0 Å². The minimum Gasteiger partial charge on any atom is -0.456 e. The van der Waals surface area contributed by atoms with E-state index in [1.807, 2.05) is 36.4 Å². The number of fused-ring (bicyclic) bond motifs is 5.